The lowest BCUT2D eigenvalue weighted by Crippen LogP contribution is -2.50. The van der Waals surface area contributed by atoms with Crippen molar-refractivity contribution in [1.29, 1.82) is 0 Å². The van der Waals surface area contributed by atoms with Crippen molar-refractivity contribution in [2.45, 2.75) is 13.8 Å². The molecule has 0 radical (unpaired) electrons. The molecular formula is C19H21Cl2N3O. The number of benzene rings is 2. The zero-order valence-corrected chi connectivity index (χ0v) is 15.9. The zero-order valence-electron chi connectivity index (χ0n) is 14.4. The second kappa shape index (κ2) is 7.54. The van der Waals surface area contributed by atoms with Crippen LogP contribution in [0.5, 0.6) is 0 Å². The normalized spacial score (nSPS) is 14.6. The Balaban J connectivity index is 1.64. The molecule has 0 bridgehead atoms. The van der Waals surface area contributed by atoms with E-state index in [4.69, 9.17) is 23.2 Å². The van der Waals surface area contributed by atoms with Crippen molar-refractivity contribution in [2.24, 2.45) is 0 Å². The topological polar surface area (TPSA) is 35.6 Å². The summed E-state index contributed by atoms with van der Waals surface area (Å²) in [5, 5.41) is 3.65. The Bertz CT molecular complexity index is 766. The van der Waals surface area contributed by atoms with Gasteiger partial charge >= 0.3 is 6.03 Å². The van der Waals surface area contributed by atoms with E-state index in [1.165, 1.54) is 16.8 Å². The molecule has 0 saturated carbocycles. The second-order valence-electron chi connectivity index (χ2n) is 6.25. The Kier molecular flexibility index (Phi) is 5.40. The van der Waals surface area contributed by atoms with Crippen LogP contribution >= 0.6 is 23.2 Å². The number of piperazine rings is 1. The van der Waals surface area contributed by atoms with Gasteiger partial charge in [-0.25, -0.2) is 4.79 Å². The van der Waals surface area contributed by atoms with E-state index < -0.39 is 0 Å². The Labute approximate surface area is 158 Å². The smallest absolute Gasteiger partial charge is 0.322 e. The first-order chi connectivity index (χ1) is 12.0. The highest BCUT2D eigenvalue weighted by Crippen LogP contribution is 2.30. The van der Waals surface area contributed by atoms with Gasteiger partial charge in [-0.2, -0.15) is 0 Å². The highest BCUT2D eigenvalue weighted by atomic mass is 35.5. The largest absolute Gasteiger partial charge is 0.368 e. The lowest BCUT2D eigenvalue weighted by molar-refractivity contribution is 0.208. The van der Waals surface area contributed by atoms with E-state index in [0.717, 1.165) is 13.1 Å². The molecule has 0 aromatic heterocycles. The maximum Gasteiger partial charge on any atom is 0.322 e. The summed E-state index contributed by atoms with van der Waals surface area (Å²) in [6.07, 6.45) is 0. The quantitative estimate of drug-likeness (QED) is 0.801. The fourth-order valence-electron chi connectivity index (χ4n) is 3.23. The van der Waals surface area contributed by atoms with Crippen LogP contribution in [-0.4, -0.2) is 37.1 Å². The fraction of sp³-hybridized carbons (Fsp3) is 0.316. The van der Waals surface area contributed by atoms with E-state index in [0.29, 0.717) is 28.8 Å². The van der Waals surface area contributed by atoms with Crippen LogP contribution in [0, 0.1) is 13.8 Å². The van der Waals surface area contributed by atoms with Crippen LogP contribution in [0.1, 0.15) is 11.1 Å². The van der Waals surface area contributed by atoms with Crippen molar-refractivity contribution < 1.29 is 4.79 Å². The van der Waals surface area contributed by atoms with Gasteiger partial charge in [0.1, 0.15) is 0 Å². The average molecular weight is 378 g/mol. The molecule has 1 saturated heterocycles. The summed E-state index contributed by atoms with van der Waals surface area (Å²) in [6.45, 7) is 7.20. The minimum absolute atomic E-state index is 0.148. The molecular weight excluding hydrogens is 357 g/mol. The summed E-state index contributed by atoms with van der Waals surface area (Å²) in [7, 11) is 0. The van der Waals surface area contributed by atoms with E-state index in [1.807, 2.05) is 0 Å². The monoisotopic (exact) mass is 377 g/mol. The first-order valence-electron chi connectivity index (χ1n) is 8.28. The molecule has 1 N–H and O–H groups in total. The molecule has 1 heterocycles. The summed E-state index contributed by atoms with van der Waals surface area (Å²) in [5.74, 6) is 0. The first kappa shape index (κ1) is 17.9. The number of hydrogen-bond acceptors (Lipinski definition) is 2. The fourth-order valence-corrected chi connectivity index (χ4v) is 3.58. The Hall–Kier alpha value is -1.91. The van der Waals surface area contributed by atoms with E-state index in [2.05, 4.69) is 42.3 Å². The van der Waals surface area contributed by atoms with Crippen LogP contribution in [0.15, 0.2) is 36.4 Å². The van der Waals surface area contributed by atoms with Crippen molar-refractivity contribution in [1.82, 2.24) is 4.90 Å². The zero-order chi connectivity index (χ0) is 18.0. The lowest BCUT2D eigenvalue weighted by Gasteiger charge is -2.37. The molecule has 25 heavy (non-hydrogen) atoms. The molecule has 0 atom stereocenters. The highest BCUT2D eigenvalue weighted by molar-refractivity contribution is 6.43. The second-order valence-corrected chi connectivity index (χ2v) is 7.03. The van der Waals surface area contributed by atoms with Gasteiger partial charge in [-0.15, -0.1) is 0 Å². The van der Waals surface area contributed by atoms with Crippen molar-refractivity contribution >= 4 is 40.6 Å². The molecule has 6 heteroatoms. The van der Waals surface area contributed by atoms with Crippen molar-refractivity contribution in [3.63, 3.8) is 0 Å². The highest BCUT2D eigenvalue weighted by Gasteiger charge is 2.23. The number of nitrogens with one attached hydrogen (secondary N) is 1. The van der Waals surface area contributed by atoms with Gasteiger partial charge in [-0.05, 0) is 37.1 Å². The van der Waals surface area contributed by atoms with Gasteiger partial charge in [-0.1, -0.05) is 47.5 Å². The number of carbonyl (C=O) groups excluding carboxylic acids is 1. The predicted octanol–water partition coefficient (Wildman–Crippen LogP) is 4.96. The first-order valence-corrected chi connectivity index (χ1v) is 9.04. The minimum atomic E-state index is -0.148. The summed E-state index contributed by atoms with van der Waals surface area (Å²) in [5.41, 5.74) is 4.35. The number of rotatable bonds is 2. The predicted molar refractivity (Wildman–Crippen MR) is 105 cm³/mol. The van der Waals surface area contributed by atoms with Crippen molar-refractivity contribution in [3.8, 4) is 0 Å². The molecule has 0 unspecified atom stereocenters. The molecule has 4 nitrogen and oxygen atoms in total. The maximum atomic E-state index is 12.5. The van der Waals surface area contributed by atoms with E-state index in [9.17, 15) is 4.79 Å². The van der Waals surface area contributed by atoms with Gasteiger partial charge in [0.05, 0.1) is 15.7 Å². The van der Waals surface area contributed by atoms with Crippen molar-refractivity contribution in [3.05, 3.63) is 57.6 Å². The molecule has 1 fully saturated rings. The molecule has 2 amide bonds. The van der Waals surface area contributed by atoms with Crippen LogP contribution < -0.4 is 10.2 Å². The maximum absolute atomic E-state index is 12.5. The minimum Gasteiger partial charge on any atom is -0.368 e. The van der Waals surface area contributed by atoms with Gasteiger partial charge in [0.25, 0.3) is 0 Å². The van der Waals surface area contributed by atoms with Crippen LogP contribution in [0.25, 0.3) is 0 Å². The average Bonchev–Trinajstić information content (AvgIpc) is 2.59. The number of halogens is 2. The molecule has 2 aromatic rings. The molecule has 1 aliphatic rings. The number of amides is 2. The molecule has 0 spiro atoms. The number of urea groups is 1. The summed E-state index contributed by atoms with van der Waals surface area (Å²) in [6, 6.07) is 11.4. The van der Waals surface area contributed by atoms with Crippen LogP contribution in [0.2, 0.25) is 10.0 Å². The lowest BCUT2D eigenvalue weighted by atomic mass is 10.1. The third kappa shape index (κ3) is 3.86. The number of aryl methyl sites for hydroxylation is 2. The Morgan fingerprint density at radius 3 is 2.20 bits per heavy atom. The van der Waals surface area contributed by atoms with Gasteiger partial charge in [0.2, 0.25) is 0 Å². The third-order valence-corrected chi connectivity index (χ3v) is 5.33. The van der Waals surface area contributed by atoms with E-state index in [-0.39, 0.29) is 6.03 Å². The molecule has 2 aromatic carbocycles. The Morgan fingerprint density at radius 1 is 0.960 bits per heavy atom. The number of anilines is 2. The molecule has 0 aliphatic carbocycles. The SMILES string of the molecule is Cc1cccc(C)c1N1CCN(C(=O)Nc2cccc(Cl)c2Cl)CC1. The van der Waals surface area contributed by atoms with Crippen molar-refractivity contribution in [2.75, 3.05) is 36.4 Å². The summed E-state index contributed by atoms with van der Waals surface area (Å²) in [4.78, 5) is 16.7. The number of nitrogens with zero attached hydrogens (tertiary/aromatic N) is 2. The van der Waals surface area contributed by atoms with Gasteiger partial charge in [0, 0.05) is 31.9 Å². The van der Waals surface area contributed by atoms with Crippen LogP contribution in [0.4, 0.5) is 16.2 Å². The molecule has 1 aliphatic heterocycles. The molecule has 132 valence electrons. The number of hydrogen-bond donors (Lipinski definition) is 1. The van der Waals surface area contributed by atoms with E-state index >= 15 is 0 Å². The molecule has 3 rings (SSSR count). The van der Waals surface area contributed by atoms with Gasteiger partial charge in [0.15, 0.2) is 0 Å². The van der Waals surface area contributed by atoms with E-state index in [1.54, 1.807) is 23.1 Å². The van der Waals surface area contributed by atoms with Crippen LogP contribution in [-0.2, 0) is 0 Å². The summed E-state index contributed by atoms with van der Waals surface area (Å²) < 4.78 is 0. The van der Waals surface area contributed by atoms with Crippen LogP contribution in [0.3, 0.4) is 0 Å². The number of para-hydroxylation sites is 1. The van der Waals surface area contributed by atoms with Gasteiger partial charge in [-0.3, -0.25) is 0 Å². The summed E-state index contributed by atoms with van der Waals surface area (Å²) >= 11 is 12.1. The van der Waals surface area contributed by atoms with Gasteiger partial charge < -0.3 is 15.1 Å². The third-order valence-electron chi connectivity index (χ3n) is 4.52. The standard InChI is InChI=1S/C19H21Cl2N3O/c1-13-5-3-6-14(2)18(13)23-9-11-24(12-10-23)19(25)22-16-8-4-7-15(20)17(16)21/h3-8H,9-12H2,1-2H3,(H,22,25). The number of carbonyl (C=O) groups is 1. The Morgan fingerprint density at radius 2 is 1.56 bits per heavy atom.